The average molecular weight is 318 g/mol. The van der Waals surface area contributed by atoms with E-state index in [0.717, 1.165) is 6.54 Å². The van der Waals surface area contributed by atoms with Gasteiger partial charge in [0.25, 0.3) is 0 Å². The predicted octanol–water partition coefficient (Wildman–Crippen LogP) is 3.02. The molecule has 23 heavy (non-hydrogen) atoms. The summed E-state index contributed by atoms with van der Waals surface area (Å²) < 4.78 is 19.0. The van der Waals surface area contributed by atoms with Crippen molar-refractivity contribution in [1.82, 2.24) is 9.88 Å². The number of aromatic nitrogens is 1. The van der Waals surface area contributed by atoms with Crippen LogP contribution < -0.4 is 0 Å². The maximum absolute atomic E-state index is 13.3. The molecular weight excluding hydrogens is 299 g/mol. The number of hydrogen-bond donors (Lipinski definition) is 1. The molecule has 0 spiro atoms. The van der Waals surface area contributed by atoms with Crippen molar-refractivity contribution >= 4 is 5.97 Å². The SMILES string of the molecule is CC1CC(C(=O)O)CN(Cc2ncc(-c3cccc(F)c3)o2)C1. The normalized spacial score (nSPS) is 22.2. The third-order valence-corrected chi connectivity index (χ3v) is 4.11. The van der Waals surface area contributed by atoms with Gasteiger partial charge in [-0.05, 0) is 24.5 Å². The molecule has 5 nitrogen and oxygen atoms in total. The van der Waals surface area contributed by atoms with Gasteiger partial charge in [-0.1, -0.05) is 19.1 Å². The molecule has 0 bridgehead atoms. The minimum absolute atomic E-state index is 0.322. The number of nitrogens with zero attached hydrogens (tertiary/aromatic N) is 2. The zero-order chi connectivity index (χ0) is 16.4. The molecule has 1 aliphatic heterocycles. The number of piperidine rings is 1. The molecule has 1 aromatic carbocycles. The van der Waals surface area contributed by atoms with Gasteiger partial charge in [-0.3, -0.25) is 9.69 Å². The van der Waals surface area contributed by atoms with Crippen molar-refractivity contribution in [3.05, 3.63) is 42.2 Å². The quantitative estimate of drug-likeness (QED) is 0.938. The van der Waals surface area contributed by atoms with Gasteiger partial charge in [-0.15, -0.1) is 0 Å². The summed E-state index contributed by atoms with van der Waals surface area (Å²) in [7, 11) is 0. The van der Waals surface area contributed by atoms with Gasteiger partial charge in [0.15, 0.2) is 5.76 Å². The molecular formula is C17H19FN2O3. The molecule has 2 atom stereocenters. The van der Waals surface area contributed by atoms with E-state index in [4.69, 9.17) is 4.42 Å². The summed E-state index contributed by atoms with van der Waals surface area (Å²) in [5.41, 5.74) is 0.638. The molecule has 0 amide bonds. The van der Waals surface area contributed by atoms with Gasteiger partial charge in [-0.25, -0.2) is 9.37 Å². The largest absolute Gasteiger partial charge is 0.481 e. The molecule has 2 unspecified atom stereocenters. The molecule has 0 saturated carbocycles. The van der Waals surface area contributed by atoms with Crippen LogP contribution in [0.4, 0.5) is 4.39 Å². The Labute approximate surface area is 133 Å². The summed E-state index contributed by atoms with van der Waals surface area (Å²) in [6.45, 7) is 3.83. The van der Waals surface area contributed by atoms with Crippen LogP contribution in [-0.2, 0) is 11.3 Å². The number of carboxylic acids is 1. The smallest absolute Gasteiger partial charge is 0.307 e. The Hall–Kier alpha value is -2.21. The van der Waals surface area contributed by atoms with Crippen LogP contribution in [0, 0.1) is 17.7 Å². The van der Waals surface area contributed by atoms with Crippen molar-refractivity contribution in [2.45, 2.75) is 19.9 Å². The molecule has 1 N–H and O–H groups in total. The summed E-state index contributed by atoms with van der Waals surface area (Å²) in [5.74, 6) is -0.0789. The van der Waals surface area contributed by atoms with Gasteiger partial charge >= 0.3 is 5.97 Å². The van der Waals surface area contributed by atoms with E-state index in [1.165, 1.54) is 12.1 Å². The lowest BCUT2D eigenvalue weighted by Crippen LogP contribution is -2.42. The van der Waals surface area contributed by atoms with Gasteiger partial charge in [-0.2, -0.15) is 0 Å². The van der Waals surface area contributed by atoms with E-state index in [0.29, 0.717) is 42.6 Å². The van der Waals surface area contributed by atoms with E-state index in [9.17, 15) is 14.3 Å². The summed E-state index contributed by atoms with van der Waals surface area (Å²) in [6.07, 6.45) is 2.28. The molecule has 2 heterocycles. The maximum atomic E-state index is 13.3. The van der Waals surface area contributed by atoms with Gasteiger partial charge in [0.1, 0.15) is 5.82 Å². The Kier molecular flexibility index (Phi) is 4.43. The number of carbonyl (C=O) groups is 1. The second-order valence-corrected chi connectivity index (χ2v) is 6.20. The van der Waals surface area contributed by atoms with Crippen molar-refractivity contribution in [1.29, 1.82) is 0 Å². The van der Waals surface area contributed by atoms with Crippen LogP contribution >= 0.6 is 0 Å². The van der Waals surface area contributed by atoms with E-state index in [1.807, 2.05) is 4.90 Å². The highest BCUT2D eigenvalue weighted by molar-refractivity contribution is 5.70. The fourth-order valence-electron chi connectivity index (χ4n) is 3.12. The molecule has 1 aliphatic rings. The highest BCUT2D eigenvalue weighted by atomic mass is 19.1. The van der Waals surface area contributed by atoms with Crippen molar-refractivity contribution in [2.24, 2.45) is 11.8 Å². The van der Waals surface area contributed by atoms with E-state index < -0.39 is 5.97 Å². The zero-order valence-corrected chi connectivity index (χ0v) is 12.9. The van der Waals surface area contributed by atoms with Crippen molar-refractivity contribution in [2.75, 3.05) is 13.1 Å². The highest BCUT2D eigenvalue weighted by Crippen LogP contribution is 2.25. The summed E-state index contributed by atoms with van der Waals surface area (Å²) in [5, 5.41) is 9.22. The fourth-order valence-corrected chi connectivity index (χ4v) is 3.12. The molecule has 0 aliphatic carbocycles. The molecule has 0 radical (unpaired) electrons. The molecule has 6 heteroatoms. The molecule has 122 valence electrons. The Morgan fingerprint density at radius 3 is 3.04 bits per heavy atom. The zero-order valence-electron chi connectivity index (χ0n) is 12.9. The number of carboxylic acid groups (broad SMARTS) is 1. The third kappa shape index (κ3) is 3.76. The minimum Gasteiger partial charge on any atom is -0.481 e. The van der Waals surface area contributed by atoms with Crippen LogP contribution in [-0.4, -0.2) is 34.0 Å². The standard InChI is InChI=1S/C17H19FN2O3/c1-11-5-13(17(21)22)9-20(8-11)10-16-19-7-15(23-16)12-3-2-4-14(18)6-12/h2-4,6-7,11,13H,5,8-10H2,1H3,(H,21,22). The third-order valence-electron chi connectivity index (χ3n) is 4.11. The molecule has 2 aromatic rings. The molecule has 1 aromatic heterocycles. The van der Waals surface area contributed by atoms with E-state index >= 15 is 0 Å². The Morgan fingerprint density at radius 1 is 1.48 bits per heavy atom. The predicted molar refractivity (Wildman–Crippen MR) is 82.1 cm³/mol. The number of oxazole rings is 1. The van der Waals surface area contributed by atoms with Crippen molar-refractivity contribution < 1.29 is 18.7 Å². The summed E-state index contributed by atoms with van der Waals surface area (Å²) in [6, 6.07) is 6.16. The Bertz CT molecular complexity index is 701. The second kappa shape index (κ2) is 6.50. The first kappa shape index (κ1) is 15.7. The van der Waals surface area contributed by atoms with Gasteiger partial charge in [0, 0.05) is 18.7 Å². The minimum atomic E-state index is -0.755. The van der Waals surface area contributed by atoms with Crippen molar-refractivity contribution in [3.8, 4) is 11.3 Å². The van der Waals surface area contributed by atoms with E-state index in [1.54, 1.807) is 18.3 Å². The van der Waals surface area contributed by atoms with Crippen LogP contribution in [0.25, 0.3) is 11.3 Å². The molecule has 3 rings (SSSR count). The topological polar surface area (TPSA) is 66.6 Å². The maximum Gasteiger partial charge on any atom is 0.307 e. The summed E-state index contributed by atoms with van der Waals surface area (Å²) >= 11 is 0. The Balaban J connectivity index is 1.70. The Morgan fingerprint density at radius 2 is 2.30 bits per heavy atom. The number of hydrogen-bond acceptors (Lipinski definition) is 4. The number of halogens is 1. The average Bonchev–Trinajstić information content (AvgIpc) is 2.95. The van der Waals surface area contributed by atoms with E-state index in [2.05, 4.69) is 11.9 Å². The van der Waals surface area contributed by atoms with Gasteiger partial charge in [0.2, 0.25) is 5.89 Å². The lowest BCUT2D eigenvalue weighted by molar-refractivity contribution is -0.144. The number of benzene rings is 1. The van der Waals surface area contributed by atoms with E-state index in [-0.39, 0.29) is 11.7 Å². The summed E-state index contributed by atoms with van der Waals surface area (Å²) in [4.78, 5) is 17.5. The lowest BCUT2D eigenvalue weighted by atomic mass is 9.90. The fraction of sp³-hybridized carbons (Fsp3) is 0.412. The monoisotopic (exact) mass is 318 g/mol. The lowest BCUT2D eigenvalue weighted by Gasteiger charge is -2.33. The molecule has 1 fully saturated rings. The molecule has 1 saturated heterocycles. The van der Waals surface area contributed by atoms with Crippen LogP contribution in [0.15, 0.2) is 34.9 Å². The first-order chi connectivity index (χ1) is 11.0. The highest BCUT2D eigenvalue weighted by Gasteiger charge is 2.30. The first-order valence-corrected chi connectivity index (χ1v) is 7.67. The number of rotatable bonds is 4. The first-order valence-electron chi connectivity index (χ1n) is 7.67. The second-order valence-electron chi connectivity index (χ2n) is 6.20. The van der Waals surface area contributed by atoms with Gasteiger partial charge < -0.3 is 9.52 Å². The number of likely N-dealkylation sites (tertiary alicyclic amines) is 1. The van der Waals surface area contributed by atoms with Crippen molar-refractivity contribution in [3.63, 3.8) is 0 Å². The van der Waals surface area contributed by atoms with Crippen LogP contribution in [0.2, 0.25) is 0 Å². The van der Waals surface area contributed by atoms with Gasteiger partial charge in [0.05, 0.1) is 18.7 Å². The number of aliphatic carboxylic acids is 1. The van der Waals surface area contributed by atoms with Crippen LogP contribution in [0.5, 0.6) is 0 Å². The van der Waals surface area contributed by atoms with Crippen LogP contribution in [0.1, 0.15) is 19.2 Å². The van der Waals surface area contributed by atoms with Crippen LogP contribution in [0.3, 0.4) is 0 Å².